The van der Waals surface area contributed by atoms with E-state index in [1.54, 1.807) is 6.20 Å². The number of likely N-dealkylation sites (N-methyl/N-ethyl adjacent to an activating group) is 1. The number of nitrogens with one attached hydrogen (secondary N) is 1. The number of piperazine rings is 1. The molecule has 0 radical (unpaired) electrons. The highest BCUT2D eigenvalue weighted by atomic mass is 16.2. The Hall–Kier alpha value is -1.62. The summed E-state index contributed by atoms with van der Waals surface area (Å²) >= 11 is 0. The Bertz CT molecular complexity index is 436. The molecule has 1 aliphatic rings. The first kappa shape index (κ1) is 14.8. The van der Waals surface area contributed by atoms with Crippen molar-refractivity contribution >= 4 is 11.6 Å². The lowest BCUT2D eigenvalue weighted by molar-refractivity contribution is 0.0658. The summed E-state index contributed by atoms with van der Waals surface area (Å²) in [5.41, 5.74) is 1.50. The molecule has 0 aromatic carbocycles. The van der Waals surface area contributed by atoms with Crippen molar-refractivity contribution in [2.24, 2.45) is 5.92 Å². The minimum absolute atomic E-state index is 0.0357. The van der Waals surface area contributed by atoms with Crippen LogP contribution in [-0.2, 0) is 0 Å². The van der Waals surface area contributed by atoms with E-state index in [-0.39, 0.29) is 5.91 Å². The van der Waals surface area contributed by atoms with E-state index in [0.717, 1.165) is 38.4 Å². The van der Waals surface area contributed by atoms with Crippen molar-refractivity contribution in [3.05, 3.63) is 24.0 Å². The molecule has 0 atom stereocenters. The number of anilines is 1. The maximum Gasteiger partial charge on any atom is 0.272 e. The van der Waals surface area contributed by atoms with Gasteiger partial charge in [-0.15, -0.1) is 0 Å². The lowest BCUT2D eigenvalue weighted by Gasteiger charge is -2.32. The van der Waals surface area contributed by atoms with Crippen LogP contribution in [0, 0.1) is 5.92 Å². The molecule has 1 aliphatic heterocycles. The van der Waals surface area contributed by atoms with Crippen molar-refractivity contribution in [2.45, 2.75) is 13.8 Å². The molecule has 20 heavy (non-hydrogen) atoms. The third-order valence-electron chi connectivity index (χ3n) is 3.49. The SMILES string of the molecule is CC(C)CNc1ccc(C(=O)N2CCN(C)CC2)nc1. The Kier molecular flexibility index (Phi) is 4.95. The van der Waals surface area contributed by atoms with Crippen LogP contribution in [0.25, 0.3) is 0 Å². The van der Waals surface area contributed by atoms with Gasteiger partial charge in [0.2, 0.25) is 0 Å². The first-order valence-electron chi connectivity index (χ1n) is 7.24. The molecule has 1 amide bonds. The van der Waals surface area contributed by atoms with Gasteiger partial charge in [-0.25, -0.2) is 4.98 Å². The molecule has 5 heteroatoms. The Morgan fingerprint density at radius 2 is 2.00 bits per heavy atom. The largest absolute Gasteiger partial charge is 0.384 e. The second kappa shape index (κ2) is 6.70. The van der Waals surface area contributed by atoms with Crippen molar-refractivity contribution in [3.8, 4) is 0 Å². The van der Waals surface area contributed by atoms with Gasteiger partial charge in [0.1, 0.15) is 5.69 Å². The second-order valence-corrected chi connectivity index (χ2v) is 5.80. The van der Waals surface area contributed by atoms with Gasteiger partial charge < -0.3 is 15.1 Å². The van der Waals surface area contributed by atoms with Gasteiger partial charge in [-0.1, -0.05) is 13.8 Å². The molecule has 2 rings (SSSR count). The average molecular weight is 276 g/mol. The number of carbonyl (C=O) groups excluding carboxylic acids is 1. The minimum atomic E-state index is 0.0357. The van der Waals surface area contributed by atoms with Gasteiger partial charge in [0.25, 0.3) is 5.91 Å². The molecule has 0 bridgehead atoms. The number of nitrogens with zero attached hydrogens (tertiary/aromatic N) is 3. The number of rotatable bonds is 4. The second-order valence-electron chi connectivity index (χ2n) is 5.80. The van der Waals surface area contributed by atoms with E-state index < -0.39 is 0 Å². The Morgan fingerprint density at radius 3 is 2.55 bits per heavy atom. The summed E-state index contributed by atoms with van der Waals surface area (Å²) in [7, 11) is 2.08. The lowest BCUT2D eigenvalue weighted by Crippen LogP contribution is -2.47. The van der Waals surface area contributed by atoms with Gasteiger partial charge in [0, 0.05) is 32.7 Å². The van der Waals surface area contributed by atoms with Gasteiger partial charge >= 0.3 is 0 Å². The fourth-order valence-corrected chi connectivity index (χ4v) is 2.12. The average Bonchev–Trinajstić information content (AvgIpc) is 2.46. The molecule has 110 valence electrons. The molecule has 0 spiro atoms. The zero-order valence-electron chi connectivity index (χ0n) is 12.6. The molecule has 0 saturated carbocycles. The van der Waals surface area contributed by atoms with E-state index in [0.29, 0.717) is 11.6 Å². The Morgan fingerprint density at radius 1 is 1.30 bits per heavy atom. The first-order chi connectivity index (χ1) is 9.56. The lowest BCUT2D eigenvalue weighted by atomic mass is 10.2. The van der Waals surface area contributed by atoms with Gasteiger partial charge in [-0.2, -0.15) is 0 Å². The summed E-state index contributed by atoms with van der Waals surface area (Å²) in [6.45, 7) is 8.65. The Labute approximate surface area is 121 Å². The predicted molar refractivity (Wildman–Crippen MR) is 81.0 cm³/mol. The smallest absolute Gasteiger partial charge is 0.272 e. The monoisotopic (exact) mass is 276 g/mol. The maximum absolute atomic E-state index is 12.3. The van der Waals surface area contributed by atoms with E-state index >= 15 is 0 Å². The van der Waals surface area contributed by atoms with Crippen LogP contribution in [0.5, 0.6) is 0 Å². The molecule has 5 nitrogen and oxygen atoms in total. The summed E-state index contributed by atoms with van der Waals surface area (Å²) in [5.74, 6) is 0.621. The molecule has 0 unspecified atom stereocenters. The fraction of sp³-hybridized carbons (Fsp3) is 0.600. The third-order valence-corrected chi connectivity index (χ3v) is 3.49. The standard InChI is InChI=1S/C15H24N4O/c1-12(2)10-16-13-4-5-14(17-11-13)15(20)19-8-6-18(3)7-9-19/h4-5,11-12,16H,6-10H2,1-3H3. The molecule has 1 fully saturated rings. The summed E-state index contributed by atoms with van der Waals surface area (Å²) in [6, 6.07) is 3.74. The van der Waals surface area contributed by atoms with Crippen LogP contribution in [-0.4, -0.2) is 60.5 Å². The molecule has 1 saturated heterocycles. The van der Waals surface area contributed by atoms with E-state index in [4.69, 9.17) is 0 Å². The molecule has 2 heterocycles. The van der Waals surface area contributed by atoms with Crippen molar-refractivity contribution in [1.29, 1.82) is 0 Å². The van der Waals surface area contributed by atoms with Crippen LogP contribution in [0.2, 0.25) is 0 Å². The van der Waals surface area contributed by atoms with Crippen molar-refractivity contribution < 1.29 is 4.79 Å². The van der Waals surface area contributed by atoms with Crippen LogP contribution in [0.4, 0.5) is 5.69 Å². The van der Waals surface area contributed by atoms with Crippen LogP contribution in [0.3, 0.4) is 0 Å². The van der Waals surface area contributed by atoms with Gasteiger partial charge in [-0.3, -0.25) is 4.79 Å². The fourth-order valence-electron chi connectivity index (χ4n) is 2.12. The van der Waals surface area contributed by atoms with Crippen LogP contribution >= 0.6 is 0 Å². The number of carbonyl (C=O) groups is 1. The van der Waals surface area contributed by atoms with E-state index in [1.807, 2.05) is 17.0 Å². The number of hydrogen-bond acceptors (Lipinski definition) is 4. The summed E-state index contributed by atoms with van der Waals surface area (Å²) in [5, 5.41) is 3.30. The molecule has 1 aromatic heterocycles. The Balaban J connectivity index is 1.93. The summed E-state index contributed by atoms with van der Waals surface area (Å²) < 4.78 is 0. The normalized spacial score (nSPS) is 16.5. The van der Waals surface area contributed by atoms with Gasteiger partial charge in [-0.05, 0) is 25.1 Å². The molecular formula is C15H24N4O. The highest BCUT2D eigenvalue weighted by Crippen LogP contribution is 2.10. The topological polar surface area (TPSA) is 48.5 Å². The van der Waals surface area contributed by atoms with Crippen molar-refractivity contribution in [3.63, 3.8) is 0 Å². The highest BCUT2D eigenvalue weighted by molar-refractivity contribution is 5.92. The number of pyridine rings is 1. The maximum atomic E-state index is 12.3. The number of aromatic nitrogens is 1. The summed E-state index contributed by atoms with van der Waals surface area (Å²) in [6.07, 6.45) is 1.74. The molecule has 1 N–H and O–H groups in total. The molecule has 1 aromatic rings. The predicted octanol–water partition coefficient (Wildman–Crippen LogP) is 1.54. The van der Waals surface area contributed by atoms with Crippen molar-refractivity contribution in [1.82, 2.24) is 14.8 Å². The van der Waals surface area contributed by atoms with E-state index in [2.05, 4.69) is 36.1 Å². The zero-order valence-corrected chi connectivity index (χ0v) is 12.6. The molecule has 0 aliphatic carbocycles. The summed E-state index contributed by atoms with van der Waals surface area (Å²) in [4.78, 5) is 20.7. The quantitative estimate of drug-likeness (QED) is 0.906. The third kappa shape index (κ3) is 3.93. The number of amides is 1. The van der Waals surface area contributed by atoms with Gasteiger partial charge in [0.15, 0.2) is 0 Å². The number of hydrogen-bond donors (Lipinski definition) is 1. The van der Waals surface area contributed by atoms with Crippen LogP contribution in [0.1, 0.15) is 24.3 Å². The highest BCUT2D eigenvalue weighted by Gasteiger charge is 2.20. The van der Waals surface area contributed by atoms with Crippen LogP contribution in [0.15, 0.2) is 18.3 Å². The van der Waals surface area contributed by atoms with Gasteiger partial charge in [0.05, 0.1) is 11.9 Å². The van der Waals surface area contributed by atoms with Crippen LogP contribution < -0.4 is 5.32 Å². The minimum Gasteiger partial charge on any atom is -0.384 e. The van der Waals surface area contributed by atoms with E-state index in [9.17, 15) is 4.79 Å². The molecular weight excluding hydrogens is 252 g/mol. The zero-order chi connectivity index (χ0) is 14.5. The van der Waals surface area contributed by atoms with E-state index in [1.165, 1.54) is 0 Å². The first-order valence-corrected chi connectivity index (χ1v) is 7.24. The van der Waals surface area contributed by atoms with Crippen molar-refractivity contribution in [2.75, 3.05) is 45.1 Å².